The summed E-state index contributed by atoms with van der Waals surface area (Å²) in [5, 5.41) is 0.597. The molecule has 0 amide bonds. The van der Waals surface area contributed by atoms with Crippen molar-refractivity contribution in [1.29, 1.82) is 0 Å². The Balaban J connectivity index is 2.02. The summed E-state index contributed by atoms with van der Waals surface area (Å²) >= 11 is 7.55. The number of halogens is 1. The zero-order valence-electron chi connectivity index (χ0n) is 17.0. The molecule has 3 rings (SSSR count). The fraction of sp³-hybridized carbons (Fsp3) is 0.286. The van der Waals surface area contributed by atoms with Crippen LogP contribution in [0.25, 0.3) is 21.3 Å². The molecule has 1 N–H and O–H groups in total. The number of aryl methyl sites for hydroxylation is 1. The van der Waals surface area contributed by atoms with Crippen LogP contribution in [-0.2, 0) is 4.74 Å². The molecule has 0 radical (unpaired) electrons. The maximum atomic E-state index is 12.6. The highest BCUT2D eigenvalue weighted by atomic mass is 35.5. The number of nitrogens with one attached hydrogen (secondary N) is 1. The molecular weight excluding hydrogens is 428 g/mol. The molecule has 2 aromatic heterocycles. The first-order valence-electron chi connectivity index (χ1n) is 9.19. The van der Waals surface area contributed by atoms with E-state index in [1.165, 1.54) is 7.11 Å². The standard InChI is InChI=1S/C21H21ClN2O5S/c1-5-8-29-15-10-12(6-7-14(15)27-3)9-13(22)18-23-19(25)16-11(2)17(21(26)28-4)30-20(16)24-18/h6-7,9-10H,5,8H2,1-4H3,(H,23,24,25)/b13-9-. The molecular formula is C21H21ClN2O5S. The molecule has 0 saturated heterocycles. The van der Waals surface area contributed by atoms with Gasteiger partial charge in [0.2, 0.25) is 0 Å². The van der Waals surface area contributed by atoms with Crippen molar-refractivity contribution in [1.82, 2.24) is 9.97 Å². The molecule has 0 fully saturated rings. The molecule has 0 spiro atoms. The van der Waals surface area contributed by atoms with E-state index in [-0.39, 0.29) is 16.4 Å². The normalized spacial score (nSPS) is 11.6. The van der Waals surface area contributed by atoms with E-state index in [0.29, 0.717) is 38.8 Å². The fourth-order valence-corrected chi connectivity index (χ4v) is 4.18. The fourth-order valence-electron chi connectivity index (χ4n) is 2.87. The number of fused-ring (bicyclic) bond motifs is 1. The lowest BCUT2D eigenvalue weighted by molar-refractivity contribution is 0.0605. The molecule has 0 aliphatic heterocycles. The van der Waals surface area contributed by atoms with Crippen molar-refractivity contribution in [3.8, 4) is 11.5 Å². The second-order valence-electron chi connectivity index (χ2n) is 6.39. The predicted molar refractivity (Wildman–Crippen MR) is 119 cm³/mol. The summed E-state index contributed by atoms with van der Waals surface area (Å²) < 4.78 is 15.8. The number of methoxy groups -OCH3 is 2. The molecule has 30 heavy (non-hydrogen) atoms. The summed E-state index contributed by atoms with van der Waals surface area (Å²) in [6.45, 7) is 4.26. The van der Waals surface area contributed by atoms with E-state index in [9.17, 15) is 9.59 Å². The summed E-state index contributed by atoms with van der Waals surface area (Å²) in [6.07, 6.45) is 2.54. The van der Waals surface area contributed by atoms with E-state index in [1.807, 2.05) is 13.0 Å². The zero-order chi connectivity index (χ0) is 21.8. The van der Waals surface area contributed by atoms with E-state index in [2.05, 4.69) is 9.97 Å². The van der Waals surface area contributed by atoms with Crippen LogP contribution in [0.2, 0.25) is 0 Å². The lowest BCUT2D eigenvalue weighted by atomic mass is 10.2. The summed E-state index contributed by atoms with van der Waals surface area (Å²) in [6, 6.07) is 5.41. The number of nitrogens with zero attached hydrogens (tertiary/aromatic N) is 1. The number of rotatable bonds is 7. The van der Waals surface area contributed by atoms with Crippen molar-refractivity contribution in [2.24, 2.45) is 0 Å². The highest BCUT2D eigenvalue weighted by molar-refractivity contribution is 7.20. The number of hydrogen-bond acceptors (Lipinski definition) is 7. The van der Waals surface area contributed by atoms with Gasteiger partial charge in [-0.3, -0.25) is 4.79 Å². The number of thiophene rings is 1. The van der Waals surface area contributed by atoms with Gasteiger partial charge in [0.1, 0.15) is 9.71 Å². The highest BCUT2D eigenvalue weighted by Gasteiger charge is 2.20. The number of carbonyl (C=O) groups excluding carboxylic acids is 1. The van der Waals surface area contributed by atoms with Crippen LogP contribution < -0.4 is 15.0 Å². The lowest BCUT2D eigenvalue weighted by Crippen LogP contribution is -2.10. The number of aromatic nitrogens is 2. The Kier molecular flexibility index (Phi) is 6.79. The van der Waals surface area contributed by atoms with E-state index in [4.69, 9.17) is 25.8 Å². The van der Waals surface area contributed by atoms with Gasteiger partial charge in [-0.15, -0.1) is 11.3 Å². The van der Waals surface area contributed by atoms with Crippen molar-refractivity contribution < 1.29 is 19.0 Å². The first-order valence-corrected chi connectivity index (χ1v) is 10.4. The molecule has 2 heterocycles. The Labute approximate surface area is 182 Å². The number of ether oxygens (including phenoxy) is 3. The SMILES string of the molecule is CCCOc1cc(/C=C(\Cl)c2nc3sc(C(=O)OC)c(C)c3c(=O)[nH]2)ccc1OC. The smallest absolute Gasteiger partial charge is 0.348 e. The van der Waals surface area contributed by atoms with Gasteiger partial charge < -0.3 is 19.2 Å². The van der Waals surface area contributed by atoms with Gasteiger partial charge in [-0.2, -0.15) is 0 Å². The first-order chi connectivity index (χ1) is 14.4. The molecule has 0 aliphatic rings. The largest absolute Gasteiger partial charge is 0.493 e. The predicted octanol–water partition coefficient (Wildman–Crippen LogP) is 4.61. The molecule has 7 nitrogen and oxygen atoms in total. The third-order valence-electron chi connectivity index (χ3n) is 4.34. The lowest BCUT2D eigenvalue weighted by Gasteiger charge is -2.10. The highest BCUT2D eigenvalue weighted by Crippen LogP contribution is 2.32. The van der Waals surface area contributed by atoms with Gasteiger partial charge in [-0.1, -0.05) is 24.6 Å². The zero-order valence-corrected chi connectivity index (χ0v) is 18.6. The molecule has 158 valence electrons. The number of esters is 1. The van der Waals surface area contributed by atoms with Crippen LogP contribution in [0, 0.1) is 6.92 Å². The van der Waals surface area contributed by atoms with Gasteiger partial charge >= 0.3 is 5.97 Å². The van der Waals surface area contributed by atoms with E-state index < -0.39 is 5.97 Å². The molecule has 0 bridgehead atoms. The van der Waals surface area contributed by atoms with Crippen molar-refractivity contribution >= 4 is 50.2 Å². The monoisotopic (exact) mass is 448 g/mol. The quantitative estimate of drug-likeness (QED) is 0.530. The molecule has 1 aromatic carbocycles. The molecule has 0 aliphatic carbocycles. The molecule has 0 atom stereocenters. The maximum absolute atomic E-state index is 12.6. The van der Waals surface area contributed by atoms with Gasteiger partial charge in [0.15, 0.2) is 17.3 Å². The van der Waals surface area contributed by atoms with Crippen molar-refractivity contribution in [2.45, 2.75) is 20.3 Å². The number of H-pyrrole nitrogens is 1. The third-order valence-corrected chi connectivity index (χ3v) is 5.79. The second-order valence-corrected chi connectivity index (χ2v) is 7.80. The Morgan fingerprint density at radius 1 is 1.30 bits per heavy atom. The van der Waals surface area contributed by atoms with Crippen molar-refractivity contribution in [3.05, 3.63) is 50.4 Å². The van der Waals surface area contributed by atoms with Crippen LogP contribution in [0.15, 0.2) is 23.0 Å². The minimum Gasteiger partial charge on any atom is -0.493 e. The molecule has 3 aromatic rings. The second kappa shape index (κ2) is 9.32. The number of carbonyl (C=O) groups is 1. The van der Waals surface area contributed by atoms with E-state index in [1.54, 1.807) is 32.2 Å². The van der Waals surface area contributed by atoms with Gasteiger partial charge in [0.05, 0.1) is 31.2 Å². The summed E-state index contributed by atoms with van der Waals surface area (Å²) in [7, 11) is 2.87. The topological polar surface area (TPSA) is 90.5 Å². The van der Waals surface area contributed by atoms with Crippen LogP contribution >= 0.6 is 22.9 Å². The molecule has 0 unspecified atom stereocenters. The number of benzene rings is 1. The van der Waals surface area contributed by atoms with Gasteiger partial charge in [-0.05, 0) is 42.7 Å². The van der Waals surface area contributed by atoms with E-state index >= 15 is 0 Å². The van der Waals surface area contributed by atoms with Gasteiger partial charge in [-0.25, -0.2) is 9.78 Å². The number of aromatic amines is 1. The van der Waals surface area contributed by atoms with Crippen LogP contribution in [0.4, 0.5) is 0 Å². The van der Waals surface area contributed by atoms with Gasteiger partial charge in [0, 0.05) is 0 Å². The van der Waals surface area contributed by atoms with Crippen LogP contribution in [0.1, 0.15) is 40.0 Å². The first kappa shape index (κ1) is 21.9. The summed E-state index contributed by atoms with van der Waals surface area (Å²) in [4.78, 5) is 32.4. The molecule has 9 heteroatoms. The van der Waals surface area contributed by atoms with Crippen LogP contribution in [0.3, 0.4) is 0 Å². The average molecular weight is 449 g/mol. The average Bonchev–Trinajstić information content (AvgIpc) is 3.08. The van der Waals surface area contributed by atoms with E-state index in [0.717, 1.165) is 23.3 Å². The Hall–Kier alpha value is -2.84. The Morgan fingerprint density at radius 3 is 2.73 bits per heavy atom. The summed E-state index contributed by atoms with van der Waals surface area (Å²) in [5.41, 5.74) is 0.925. The Morgan fingerprint density at radius 2 is 2.07 bits per heavy atom. The maximum Gasteiger partial charge on any atom is 0.348 e. The van der Waals surface area contributed by atoms with Crippen LogP contribution in [0.5, 0.6) is 11.5 Å². The third kappa shape index (κ3) is 4.34. The van der Waals surface area contributed by atoms with Crippen molar-refractivity contribution in [3.63, 3.8) is 0 Å². The number of hydrogen-bond donors (Lipinski definition) is 1. The minimum absolute atomic E-state index is 0.207. The Bertz CT molecular complexity index is 1180. The summed E-state index contributed by atoms with van der Waals surface area (Å²) in [5.74, 6) is 0.926. The molecule has 0 saturated carbocycles. The van der Waals surface area contributed by atoms with Crippen molar-refractivity contribution in [2.75, 3.05) is 20.8 Å². The van der Waals surface area contributed by atoms with Gasteiger partial charge in [0.25, 0.3) is 5.56 Å². The minimum atomic E-state index is -0.504. The van der Waals surface area contributed by atoms with Crippen LogP contribution in [-0.4, -0.2) is 36.8 Å².